The van der Waals surface area contributed by atoms with E-state index >= 15 is 0 Å². The first-order chi connectivity index (χ1) is 7.84. The molecule has 1 aliphatic carbocycles. The van der Waals surface area contributed by atoms with E-state index in [-0.39, 0.29) is 5.54 Å². The highest BCUT2D eigenvalue weighted by Gasteiger charge is 2.39. The minimum Gasteiger partial charge on any atom is -0.211 e. The van der Waals surface area contributed by atoms with Crippen molar-refractivity contribution >= 4 is 17.1 Å². The number of nitrogens with one attached hydrogen (secondary N) is 1. The van der Waals surface area contributed by atoms with E-state index in [1.165, 1.54) is 0 Å². The minimum atomic E-state index is -0.352. The standard InChI is InChI=1S/C11H10N4O/c16-7-12-11(4-1-5-11)8-2-3-9-10(6-8)14-15-13-9/h2-3,6H,1,4-5H2,(H,13,14,15). The van der Waals surface area contributed by atoms with Gasteiger partial charge in [-0.15, -0.1) is 0 Å². The number of nitrogens with zero attached hydrogens (tertiary/aromatic N) is 3. The molecule has 0 bridgehead atoms. The van der Waals surface area contributed by atoms with Crippen molar-refractivity contribution in [3.8, 4) is 0 Å². The molecule has 0 unspecified atom stereocenters. The van der Waals surface area contributed by atoms with Crippen molar-refractivity contribution < 1.29 is 4.79 Å². The maximum absolute atomic E-state index is 10.5. The van der Waals surface area contributed by atoms with Crippen molar-refractivity contribution in [3.63, 3.8) is 0 Å². The van der Waals surface area contributed by atoms with Gasteiger partial charge in [-0.1, -0.05) is 6.07 Å². The number of aliphatic imine (C=N–C) groups is 1. The van der Waals surface area contributed by atoms with Gasteiger partial charge in [0.2, 0.25) is 6.08 Å². The molecule has 80 valence electrons. The number of H-pyrrole nitrogens is 1. The summed E-state index contributed by atoms with van der Waals surface area (Å²) in [7, 11) is 0. The summed E-state index contributed by atoms with van der Waals surface area (Å²) in [5.41, 5.74) is 2.32. The molecule has 0 amide bonds. The monoisotopic (exact) mass is 214 g/mol. The van der Waals surface area contributed by atoms with E-state index in [1.807, 2.05) is 18.2 Å². The van der Waals surface area contributed by atoms with Crippen LogP contribution in [0.5, 0.6) is 0 Å². The zero-order valence-electron chi connectivity index (χ0n) is 8.60. The molecule has 5 nitrogen and oxygen atoms in total. The van der Waals surface area contributed by atoms with Crippen LogP contribution in [-0.4, -0.2) is 21.5 Å². The van der Waals surface area contributed by atoms with E-state index in [0.717, 1.165) is 35.9 Å². The first-order valence-corrected chi connectivity index (χ1v) is 5.24. The molecule has 1 saturated carbocycles. The number of aromatic amines is 1. The SMILES string of the molecule is O=C=NC1(c2ccc3n[nH]nc3c2)CCC1. The van der Waals surface area contributed by atoms with Crippen molar-refractivity contribution in [3.05, 3.63) is 23.8 Å². The Morgan fingerprint density at radius 3 is 2.81 bits per heavy atom. The van der Waals surface area contributed by atoms with Crippen LogP contribution in [-0.2, 0) is 10.3 Å². The molecule has 1 aliphatic rings. The Balaban J connectivity index is 2.13. The highest BCUT2D eigenvalue weighted by molar-refractivity contribution is 5.74. The van der Waals surface area contributed by atoms with Gasteiger partial charge in [-0.25, -0.2) is 4.79 Å². The molecule has 1 aromatic carbocycles. The molecule has 1 fully saturated rings. The van der Waals surface area contributed by atoms with Gasteiger partial charge in [0, 0.05) is 0 Å². The third kappa shape index (κ3) is 1.19. The average Bonchev–Trinajstić information content (AvgIpc) is 2.70. The number of fused-ring (bicyclic) bond motifs is 1. The number of benzene rings is 1. The number of isocyanates is 1. The summed E-state index contributed by atoms with van der Waals surface area (Å²) in [6.45, 7) is 0. The van der Waals surface area contributed by atoms with E-state index in [0.29, 0.717) is 0 Å². The van der Waals surface area contributed by atoms with Gasteiger partial charge in [-0.2, -0.15) is 20.4 Å². The lowest BCUT2D eigenvalue weighted by molar-refractivity contribution is 0.256. The van der Waals surface area contributed by atoms with E-state index in [4.69, 9.17) is 0 Å². The second-order valence-electron chi connectivity index (χ2n) is 4.12. The number of rotatable bonds is 2. The largest absolute Gasteiger partial charge is 0.235 e. The van der Waals surface area contributed by atoms with Gasteiger partial charge >= 0.3 is 0 Å². The van der Waals surface area contributed by atoms with Crippen LogP contribution in [0, 0.1) is 0 Å². The highest BCUT2D eigenvalue weighted by atomic mass is 16.1. The third-order valence-corrected chi connectivity index (χ3v) is 3.29. The smallest absolute Gasteiger partial charge is 0.211 e. The number of hydrogen-bond acceptors (Lipinski definition) is 4. The predicted octanol–water partition coefficient (Wildman–Crippen LogP) is 1.67. The molecule has 0 radical (unpaired) electrons. The van der Waals surface area contributed by atoms with E-state index < -0.39 is 0 Å². The molecular formula is C11H10N4O. The lowest BCUT2D eigenvalue weighted by Gasteiger charge is -2.36. The quantitative estimate of drug-likeness (QED) is 0.610. The maximum Gasteiger partial charge on any atom is 0.235 e. The molecule has 16 heavy (non-hydrogen) atoms. The van der Waals surface area contributed by atoms with Crippen LogP contribution < -0.4 is 0 Å². The van der Waals surface area contributed by atoms with E-state index in [2.05, 4.69) is 20.4 Å². The van der Waals surface area contributed by atoms with Gasteiger partial charge in [0.25, 0.3) is 0 Å². The minimum absolute atomic E-state index is 0.352. The molecule has 1 heterocycles. The first-order valence-electron chi connectivity index (χ1n) is 5.24. The Labute approximate surface area is 91.6 Å². The summed E-state index contributed by atoms with van der Waals surface area (Å²) < 4.78 is 0. The Hall–Kier alpha value is -2.00. The van der Waals surface area contributed by atoms with Crippen LogP contribution in [0.25, 0.3) is 11.0 Å². The Bertz CT molecular complexity index is 578. The predicted molar refractivity (Wildman–Crippen MR) is 57.5 cm³/mol. The fraction of sp³-hybridized carbons (Fsp3) is 0.364. The number of carbonyl (C=O) groups excluding carboxylic acids is 1. The van der Waals surface area contributed by atoms with Gasteiger partial charge < -0.3 is 0 Å². The van der Waals surface area contributed by atoms with Gasteiger partial charge in [0.05, 0.1) is 5.54 Å². The molecule has 3 rings (SSSR count). The summed E-state index contributed by atoms with van der Waals surface area (Å²) in [6.07, 6.45) is 4.60. The zero-order chi connectivity index (χ0) is 11.0. The Kier molecular flexibility index (Phi) is 1.88. The second-order valence-corrected chi connectivity index (χ2v) is 4.12. The topological polar surface area (TPSA) is 71.0 Å². The van der Waals surface area contributed by atoms with Gasteiger partial charge in [-0.3, -0.25) is 0 Å². The molecular weight excluding hydrogens is 204 g/mol. The van der Waals surface area contributed by atoms with Gasteiger partial charge in [0.15, 0.2) is 0 Å². The van der Waals surface area contributed by atoms with Crippen molar-refractivity contribution in [2.24, 2.45) is 4.99 Å². The Morgan fingerprint density at radius 1 is 1.31 bits per heavy atom. The third-order valence-electron chi connectivity index (χ3n) is 3.29. The lowest BCUT2D eigenvalue weighted by atomic mass is 9.72. The highest BCUT2D eigenvalue weighted by Crippen LogP contribution is 2.45. The summed E-state index contributed by atoms with van der Waals surface area (Å²) in [6, 6.07) is 5.80. The maximum atomic E-state index is 10.5. The summed E-state index contributed by atoms with van der Waals surface area (Å²) in [5, 5.41) is 10.6. The van der Waals surface area contributed by atoms with Crippen LogP contribution in [0.3, 0.4) is 0 Å². The van der Waals surface area contributed by atoms with Crippen LogP contribution in [0.15, 0.2) is 23.2 Å². The van der Waals surface area contributed by atoms with Gasteiger partial charge in [0.1, 0.15) is 11.0 Å². The molecule has 0 saturated heterocycles. The average molecular weight is 214 g/mol. The van der Waals surface area contributed by atoms with Crippen LogP contribution >= 0.6 is 0 Å². The molecule has 1 N–H and O–H groups in total. The molecule has 2 aromatic rings. The lowest BCUT2D eigenvalue weighted by Crippen LogP contribution is -2.31. The van der Waals surface area contributed by atoms with Crippen molar-refractivity contribution in [1.29, 1.82) is 0 Å². The van der Waals surface area contributed by atoms with Crippen LogP contribution in [0.2, 0.25) is 0 Å². The molecule has 5 heteroatoms. The summed E-state index contributed by atoms with van der Waals surface area (Å²) in [4.78, 5) is 14.4. The number of aromatic nitrogens is 3. The normalized spacial score (nSPS) is 17.8. The Morgan fingerprint density at radius 2 is 2.12 bits per heavy atom. The summed E-state index contributed by atoms with van der Waals surface area (Å²) in [5.74, 6) is 0. The number of hydrogen-bond donors (Lipinski definition) is 1. The fourth-order valence-electron chi connectivity index (χ4n) is 2.19. The fourth-order valence-corrected chi connectivity index (χ4v) is 2.19. The summed E-state index contributed by atoms with van der Waals surface area (Å²) >= 11 is 0. The van der Waals surface area contributed by atoms with Crippen molar-refractivity contribution in [2.45, 2.75) is 24.8 Å². The van der Waals surface area contributed by atoms with E-state index in [1.54, 1.807) is 6.08 Å². The van der Waals surface area contributed by atoms with Gasteiger partial charge in [-0.05, 0) is 37.0 Å². The molecule has 1 aromatic heterocycles. The molecule has 0 spiro atoms. The van der Waals surface area contributed by atoms with E-state index in [9.17, 15) is 4.79 Å². The van der Waals surface area contributed by atoms with Crippen molar-refractivity contribution in [1.82, 2.24) is 15.4 Å². The second kappa shape index (κ2) is 3.25. The van der Waals surface area contributed by atoms with Crippen LogP contribution in [0.4, 0.5) is 0 Å². The van der Waals surface area contributed by atoms with Crippen molar-refractivity contribution in [2.75, 3.05) is 0 Å². The molecule has 0 aliphatic heterocycles. The van der Waals surface area contributed by atoms with Crippen LogP contribution in [0.1, 0.15) is 24.8 Å². The zero-order valence-corrected chi connectivity index (χ0v) is 8.60. The first kappa shape index (κ1) is 9.24. The molecule has 0 atom stereocenters.